The van der Waals surface area contributed by atoms with Crippen molar-refractivity contribution >= 4 is 0 Å². The molecule has 106 valence electrons. The van der Waals surface area contributed by atoms with E-state index in [-0.39, 0.29) is 0 Å². The first-order valence-electron chi connectivity index (χ1n) is 8.32. The van der Waals surface area contributed by atoms with Gasteiger partial charge < -0.3 is 5.32 Å². The van der Waals surface area contributed by atoms with Crippen LogP contribution in [0.3, 0.4) is 0 Å². The predicted molar refractivity (Wildman–Crippen MR) is 79.0 cm³/mol. The van der Waals surface area contributed by atoms with Gasteiger partial charge in [-0.1, -0.05) is 32.6 Å². The summed E-state index contributed by atoms with van der Waals surface area (Å²) in [5, 5.41) is 3.73. The lowest BCUT2D eigenvalue weighted by atomic mass is 9.88. The first-order chi connectivity index (χ1) is 8.83. The Bertz CT molecular complexity index is 223. The average molecular weight is 252 g/mol. The van der Waals surface area contributed by atoms with Crippen LogP contribution < -0.4 is 5.32 Å². The van der Waals surface area contributed by atoms with E-state index in [1.54, 1.807) is 0 Å². The Labute approximate surface area is 114 Å². The molecule has 0 aromatic heterocycles. The van der Waals surface area contributed by atoms with Gasteiger partial charge in [0.15, 0.2) is 0 Å². The van der Waals surface area contributed by atoms with E-state index in [1.807, 2.05) is 0 Å². The van der Waals surface area contributed by atoms with Crippen LogP contribution in [0, 0.1) is 0 Å². The van der Waals surface area contributed by atoms with Crippen molar-refractivity contribution in [3.05, 3.63) is 0 Å². The molecule has 0 radical (unpaired) electrons. The van der Waals surface area contributed by atoms with Crippen molar-refractivity contribution in [3.8, 4) is 0 Å². The van der Waals surface area contributed by atoms with Gasteiger partial charge in [-0.15, -0.1) is 0 Å². The molecule has 2 rings (SSSR count). The highest BCUT2D eigenvalue weighted by atomic mass is 15.2. The minimum absolute atomic E-state index is 0.673. The van der Waals surface area contributed by atoms with Crippen molar-refractivity contribution in [1.82, 2.24) is 10.2 Å². The molecule has 0 bridgehead atoms. The third kappa shape index (κ3) is 3.71. The van der Waals surface area contributed by atoms with E-state index >= 15 is 0 Å². The Balaban J connectivity index is 1.91. The van der Waals surface area contributed by atoms with Gasteiger partial charge in [0.1, 0.15) is 0 Å². The molecule has 1 heterocycles. The fourth-order valence-corrected chi connectivity index (χ4v) is 3.89. The van der Waals surface area contributed by atoms with Crippen molar-refractivity contribution in [2.24, 2.45) is 0 Å². The molecule has 2 nitrogen and oxygen atoms in total. The SMILES string of the molecule is CCCNC(C)C1CCCCN1C1CCCCC1. The Kier molecular flexibility index (Phi) is 5.97. The van der Waals surface area contributed by atoms with Gasteiger partial charge in [-0.3, -0.25) is 4.90 Å². The standard InChI is InChI=1S/C16H32N2/c1-3-12-17-14(2)16-11-7-8-13-18(16)15-9-5-4-6-10-15/h14-17H,3-13H2,1-2H3. The van der Waals surface area contributed by atoms with Gasteiger partial charge in [0.05, 0.1) is 0 Å². The summed E-state index contributed by atoms with van der Waals surface area (Å²) < 4.78 is 0. The summed E-state index contributed by atoms with van der Waals surface area (Å²) in [5.41, 5.74) is 0. The lowest BCUT2D eigenvalue weighted by Gasteiger charge is -2.45. The molecule has 1 aliphatic heterocycles. The van der Waals surface area contributed by atoms with Gasteiger partial charge >= 0.3 is 0 Å². The maximum absolute atomic E-state index is 3.73. The molecule has 1 saturated carbocycles. The molecule has 0 aromatic carbocycles. The van der Waals surface area contributed by atoms with Crippen molar-refractivity contribution in [1.29, 1.82) is 0 Å². The second-order valence-electron chi connectivity index (χ2n) is 6.34. The largest absolute Gasteiger partial charge is 0.313 e. The summed E-state index contributed by atoms with van der Waals surface area (Å²) in [6, 6.07) is 2.37. The molecule has 2 unspecified atom stereocenters. The lowest BCUT2D eigenvalue weighted by molar-refractivity contribution is 0.0544. The quantitative estimate of drug-likeness (QED) is 0.805. The van der Waals surface area contributed by atoms with E-state index in [9.17, 15) is 0 Å². The molecular formula is C16H32N2. The Morgan fingerprint density at radius 2 is 1.78 bits per heavy atom. The summed E-state index contributed by atoms with van der Waals surface area (Å²) >= 11 is 0. The zero-order chi connectivity index (χ0) is 12.8. The monoisotopic (exact) mass is 252 g/mol. The van der Waals surface area contributed by atoms with E-state index in [1.165, 1.54) is 70.9 Å². The molecule has 18 heavy (non-hydrogen) atoms. The number of piperidine rings is 1. The van der Waals surface area contributed by atoms with E-state index < -0.39 is 0 Å². The van der Waals surface area contributed by atoms with Gasteiger partial charge in [-0.05, 0) is 52.1 Å². The highest BCUT2D eigenvalue weighted by molar-refractivity contribution is 4.89. The molecule has 2 aliphatic rings. The first-order valence-corrected chi connectivity index (χ1v) is 8.32. The Hall–Kier alpha value is -0.0800. The summed E-state index contributed by atoms with van der Waals surface area (Å²) in [5.74, 6) is 0. The number of hydrogen-bond acceptors (Lipinski definition) is 2. The molecule has 2 fully saturated rings. The summed E-state index contributed by atoms with van der Waals surface area (Å²) in [6.07, 6.45) is 12.8. The van der Waals surface area contributed by atoms with E-state index in [2.05, 4.69) is 24.1 Å². The fraction of sp³-hybridized carbons (Fsp3) is 1.00. The molecule has 2 heteroatoms. The third-order valence-corrected chi connectivity index (χ3v) is 4.93. The predicted octanol–water partition coefficient (Wildman–Crippen LogP) is 3.56. The molecule has 0 aromatic rings. The third-order valence-electron chi connectivity index (χ3n) is 4.93. The van der Waals surface area contributed by atoms with E-state index in [0.717, 1.165) is 12.1 Å². The fourth-order valence-electron chi connectivity index (χ4n) is 3.89. The zero-order valence-electron chi connectivity index (χ0n) is 12.5. The maximum Gasteiger partial charge on any atom is 0.0249 e. The highest BCUT2D eigenvalue weighted by Crippen LogP contribution is 2.29. The molecule has 1 N–H and O–H groups in total. The van der Waals surface area contributed by atoms with Crippen molar-refractivity contribution in [3.63, 3.8) is 0 Å². The summed E-state index contributed by atoms with van der Waals surface area (Å²) in [4.78, 5) is 2.87. The van der Waals surface area contributed by atoms with Crippen molar-refractivity contribution in [2.45, 2.75) is 89.8 Å². The Morgan fingerprint density at radius 3 is 2.50 bits per heavy atom. The number of rotatable bonds is 5. The van der Waals surface area contributed by atoms with Gasteiger partial charge in [-0.2, -0.15) is 0 Å². The van der Waals surface area contributed by atoms with Gasteiger partial charge in [-0.25, -0.2) is 0 Å². The van der Waals surface area contributed by atoms with Gasteiger partial charge in [0.2, 0.25) is 0 Å². The van der Waals surface area contributed by atoms with Crippen LogP contribution in [-0.4, -0.2) is 36.1 Å². The number of nitrogens with one attached hydrogen (secondary N) is 1. The number of nitrogens with zero attached hydrogens (tertiary/aromatic N) is 1. The van der Waals surface area contributed by atoms with Crippen LogP contribution in [0.15, 0.2) is 0 Å². The second-order valence-corrected chi connectivity index (χ2v) is 6.34. The lowest BCUT2D eigenvalue weighted by Crippen LogP contribution is -2.55. The van der Waals surface area contributed by atoms with E-state index in [4.69, 9.17) is 0 Å². The highest BCUT2D eigenvalue weighted by Gasteiger charge is 2.32. The van der Waals surface area contributed by atoms with Crippen LogP contribution in [0.4, 0.5) is 0 Å². The molecular weight excluding hydrogens is 220 g/mol. The zero-order valence-corrected chi connectivity index (χ0v) is 12.5. The smallest absolute Gasteiger partial charge is 0.0249 e. The molecule has 2 atom stereocenters. The normalized spacial score (nSPS) is 29.3. The first kappa shape index (κ1) is 14.3. The number of likely N-dealkylation sites (tertiary alicyclic amines) is 1. The van der Waals surface area contributed by atoms with Crippen LogP contribution in [0.25, 0.3) is 0 Å². The van der Waals surface area contributed by atoms with Crippen LogP contribution in [-0.2, 0) is 0 Å². The minimum atomic E-state index is 0.673. The van der Waals surface area contributed by atoms with Crippen LogP contribution >= 0.6 is 0 Å². The second kappa shape index (κ2) is 7.49. The van der Waals surface area contributed by atoms with Gasteiger partial charge in [0, 0.05) is 18.1 Å². The van der Waals surface area contributed by atoms with Gasteiger partial charge in [0.25, 0.3) is 0 Å². The molecule has 1 saturated heterocycles. The molecule has 0 spiro atoms. The topological polar surface area (TPSA) is 15.3 Å². The minimum Gasteiger partial charge on any atom is -0.313 e. The van der Waals surface area contributed by atoms with Crippen molar-refractivity contribution in [2.75, 3.05) is 13.1 Å². The van der Waals surface area contributed by atoms with Crippen molar-refractivity contribution < 1.29 is 0 Å². The van der Waals surface area contributed by atoms with Crippen LogP contribution in [0.2, 0.25) is 0 Å². The van der Waals surface area contributed by atoms with Crippen LogP contribution in [0.1, 0.15) is 71.6 Å². The average Bonchev–Trinajstić information content (AvgIpc) is 2.45. The molecule has 1 aliphatic carbocycles. The maximum atomic E-state index is 3.73. The summed E-state index contributed by atoms with van der Waals surface area (Å²) in [7, 11) is 0. The molecule has 0 amide bonds. The van der Waals surface area contributed by atoms with E-state index in [0.29, 0.717) is 6.04 Å². The summed E-state index contributed by atoms with van der Waals surface area (Å²) in [6.45, 7) is 7.20. The van der Waals surface area contributed by atoms with Crippen LogP contribution in [0.5, 0.6) is 0 Å². The number of hydrogen-bond donors (Lipinski definition) is 1. The Morgan fingerprint density at radius 1 is 1.06 bits per heavy atom.